The van der Waals surface area contributed by atoms with Gasteiger partial charge in [0.05, 0.1) is 0 Å². The van der Waals surface area contributed by atoms with E-state index < -0.39 is 0 Å². The van der Waals surface area contributed by atoms with Gasteiger partial charge in [0.15, 0.2) is 0 Å². The smallest absolute Gasteiger partial charge is 0.0130 e. The highest BCUT2D eigenvalue weighted by atomic mass is 15.6. The summed E-state index contributed by atoms with van der Waals surface area (Å²) < 4.78 is 0. The van der Waals surface area contributed by atoms with E-state index in [2.05, 4.69) is 38.0 Å². The molecule has 0 saturated carbocycles. The standard InChI is InChI=1S/C7H18N2/c1-5-7-9(6-2)8(3)4/h5-7H2,1-4H3. The second-order valence-corrected chi connectivity index (χ2v) is 2.39. The molecule has 0 fully saturated rings. The molecule has 0 unspecified atom stereocenters. The van der Waals surface area contributed by atoms with E-state index in [1.54, 1.807) is 0 Å². The largest absolute Gasteiger partial charge is 0.248 e. The third-order valence-corrected chi connectivity index (χ3v) is 1.41. The lowest BCUT2D eigenvalue weighted by molar-refractivity contribution is 0.0313. The fourth-order valence-corrected chi connectivity index (χ4v) is 0.899. The molecule has 0 N–H and O–H groups in total. The van der Waals surface area contributed by atoms with E-state index >= 15 is 0 Å². The van der Waals surface area contributed by atoms with Crippen LogP contribution in [0.5, 0.6) is 0 Å². The van der Waals surface area contributed by atoms with Crippen LogP contribution in [0.3, 0.4) is 0 Å². The SMILES string of the molecule is CCCN(CC)N(C)C. The lowest BCUT2D eigenvalue weighted by atomic mass is 10.4. The molecule has 0 bridgehead atoms. The first-order valence-corrected chi connectivity index (χ1v) is 3.64. The van der Waals surface area contributed by atoms with Crippen molar-refractivity contribution in [2.45, 2.75) is 20.3 Å². The van der Waals surface area contributed by atoms with Crippen molar-refractivity contribution < 1.29 is 0 Å². The highest BCUT2D eigenvalue weighted by Crippen LogP contribution is 1.91. The Bertz CT molecular complexity index is 61.9. The average molecular weight is 130 g/mol. The minimum atomic E-state index is 1.11. The maximum absolute atomic E-state index is 2.31. The summed E-state index contributed by atoms with van der Waals surface area (Å²) in [5.74, 6) is 0. The quantitative estimate of drug-likeness (QED) is 0.527. The van der Waals surface area contributed by atoms with Crippen molar-refractivity contribution in [1.82, 2.24) is 10.0 Å². The zero-order chi connectivity index (χ0) is 7.28. The van der Waals surface area contributed by atoms with Gasteiger partial charge in [0.2, 0.25) is 0 Å². The second kappa shape index (κ2) is 4.77. The van der Waals surface area contributed by atoms with Crippen LogP contribution in [0.25, 0.3) is 0 Å². The summed E-state index contributed by atoms with van der Waals surface area (Å²) in [5, 5.41) is 4.45. The summed E-state index contributed by atoms with van der Waals surface area (Å²) in [7, 11) is 4.16. The molecular formula is C7H18N2. The predicted molar refractivity (Wildman–Crippen MR) is 41.2 cm³/mol. The van der Waals surface area contributed by atoms with E-state index in [1.165, 1.54) is 13.0 Å². The Morgan fingerprint density at radius 2 is 1.67 bits per heavy atom. The van der Waals surface area contributed by atoms with Gasteiger partial charge in [-0.25, -0.2) is 10.0 Å². The normalized spacial score (nSPS) is 11.3. The molecule has 0 aliphatic carbocycles. The molecule has 0 atom stereocenters. The molecule has 0 aromatic rings. The number of nitrogens with zero attached hydrogens (tertiary/aromatic N) is 2. The molecule has 0 amide bonds. The Hall–Kier alpha value is -0.0800. The van der Waals surface area contributed by atoms with Gasteiger partial charge in [-0.1, -0.05) is 13.8 Å². The predicted octanol–water partition coefficient (Wildman–Crippen LogP) is 1.19. The highest BCUT2D eigenvalue weighted by Gasteiger charge is 2.00. The van der Waals surface area contributed by atoms with Crippen LogP contribution in [-0.4, -0.2) is 37.2 Å². The first-order chi connectivity index (χ1) is 4.22. The van der Waals surface area contributed by atoms with E-state index in [9.17, 15) is 0 Å². The molecule has 0 aliphatic rings. The van der Waals surface area contributed by atoms with Crippen molar-refractivity contribution in [3.63, 3.8) is 0 Å². The molecule has 0 aliphatic heterocycles. The first kappa shape index (κ1) is 8.92. The third kappa shape index (κ3) is 3.49. The van der Waals surface area contributed by atoms with Gasteiger partial charge in [-0.2, -0.15) is 0 Å². The van der Waals surface area contributed by atoms with Crippen LogP contribution in [0.15, 0.2) is 0 Å². The van der Waals surface area contributed by atoms with Gasteiger partial charge in [0.1, 0.15) is 0 Å². The Morgan fingerprint density at radius 3 is 1.78 bits per heavy atom. The molecule has 0 spiro atoms. The van der Waals surface area contributed by atoms with Crippen LogP contribution in [0.2, 0.25) is 0 Å². The van der Waals surface area contributed by atoms with Crippen molar-refractivity contribution in [2.24, 2.45) is 0 Å². The molecular weight excluding hydrogens is 112 g/mol. The van der Waals surface area contributed by atoms with Crippen LogP contribution in [0.4, 0.5) is 0 Å². The van der Waals surface area contributed by atoms with E-state index in [0.29, 0.717) is 0 Å². The lowest BCUT2D eigenvalue weighted by Gasteiger charge is -2.26. The van der Waals surface area contributed by atoms with Gasteiger partial charge in [-0.3, -0.25) is 0 Å². The van der Waals surface area contributed by atoms with Crippen molar-refractivity contribution >= 4 is 0 Å². The molecule has 0 radical (unpaired) electrons. The molecule has 2 heteroatoms. The van der Waals surface area contributed by atoms with E-state index in [4.69, 9.17) is 0 Å². The molecule has 2 nitrogen and oxygen atoms in total. The molecule has 0 aromatic heterocycles. The number of hydrogen-bond acceptors (Lipinski definition) is 2. The third-order valence-electron chi connectivity index (χ3n) is 1.41. The topological polar surface area (TPSA) is 6.48 Å². The molecule has 0 saturated heterocycles. The fraction of sp³-hybridized carbons (Fsp3) is 1.00. The maximum atomic E-state index is 2.31. The van der Waals surface area contributed by atoms with Crippen LogP contribution >= 0.6 is 0 Å². The first-order valence-electron chi connectivity index (χ1n) is 3.64. The van der Waals surface area contributed by atoms with Crippen LogP contribution in [0, 0.1) is 0 Å². The van der Waals surface area contributed by atoms with E-state index in [1.807, 2.05) is 0 Å². The number of hydrogen-bond donors (Lipinski definition) is 0. The Morgan fingerprint density at radius 1 is 1.11 bits per heavy atom. The van der Waals surface area contributed by atoms with Crippen molar-refractivity contribution in [3.05, 3.63) is 0 Å². The molecule has 56 valence electrons. The minimum absolute atomic E-state index is 1.11. The Labute approximate surface area is 58.4 Å². The van der Waals surface area contributed by atoms with Gasteiger partial charge in [-0.15, -0.1) is 0 Å². The zero-order valence-electron chi connectivity index (χ0n) is 7.02. The van der Waals surface area contributed by atoms with Crippen molar-refractivity contribution in [2.75, 3.05) is 27.2 Å². The lowest BCUT2D eigenvalue weighted by Crippen LogP contribution is -2.37. The van der Waals surface area contributed by atoms with E-state index in [0.717, 1.165) is 6.54 Å². The van der Waals surface area contributed by atoms with Crippen LogP contribution in [0.1, 0.15) is 20.3 Å². The summed E-state index contributed by atoms with van der Waals surface area (Å²) in [4.78, 5) is 0. The molecule has 9 heavy (non-hydrogen) atoms. The number of rotatable bonds is 4. The summed E-state index contributed by atoms with van der Waals surface area (Å²) in [6.45, 7) is 6.66. The summed E-state index contributed by atoms with van der Waals surface area (Å²) in [6.07, 6.45) is 1.23. The minimum Gasteiger partial charge on any atom is -0.248 e. The van der Waals surface area contributed by atoms with Gasteiger partial charge < -0.3 is 0 Å². The fourth-order valence-electron chi connectivity index (χ4n) is 0.899. The molecule has 0 aromatic carbocycles. The number of hydrazine groups is 1. The Kier molecular flexibility index (Phi) is 4.72. The average Bonchev–Trinajstić information content (AvgIpc) is 1.82. The monoisotopic (exact) mass is 130 g/mol. The molecule has 0 heterocycles. The van der Waals surface area contributed by atoms with Gasteiger partial charge >= 0.3 is 0 Å². The van der Waals surface area contributed by atoms with Gasteiger partial charge in [0, 0.05) is 27.2 Å². The van der Waals surface area contributed by atoms with Crippen molar-refractivity contribution in [3.8, 4) is 0 Å². The second-order valence-electron chi connectivity index (χ2n) is 2.39. The highest BCUT2D eigenvalue weighted by molar-refractivity contribution is 4.44. The van der Waals surface area contributed by atoms with Crippen molar-refractivity contribution in [1.29, 1.82) is 0 Å². The van der Waals surface area contributed by atoms with Gasteiger partial charge in [0.25, 0.3) is 0 Å². The van der Waals surface area contributed by atoms with Crippen LogP contribution < -0.4 is 0 Å². The molecule has 0 rings (SSSR count). The maximum Gasteiger partial charge on any atom is 0.0130 e. The summed E-state index contributed by atoms with van der Waals surface area (Å²) in [6, 6.07) is 0. The van der Waals surface area contributed by atoms with Crippen LogP contribution in [-0.2, 0) is 0 Å². The summed E-state index contributed by atoms with van der Waals surface area (Å²) in [5.41, 5.74) is 0. The van der Waals surface area contributed by atoms with E-state index in [-0.39, 0.29) is 0 Å². The Balaban J connectivity index is 3.41. The zero-order valence-corrected chi connectivity index (χ0v) is 7.02. The summed E-state index contributed by atoms with van der Waals surface area (Å²) >= 11 is 0. The van der Waals surface area contributed by atoms with Gasteiger partial charge in [-0.05, 0) is 6.42 Å².